The van der Waals surface area contributed by atoms with Crippen LogP contribution in [-0.2, 0) is 0 Å². The van der Waals surface area contributed by atoms with Crippen molar-refractivity contribution in [1.82, 2.24) is 35.5 Å². The van der Waals surface area contributed by atoms with E-state index in [0.29, 0.717) is 11.7 Å². The fraction of sp³-hybridized carbons (Fsp3) is 0.273. The van der Waals surface area contributed by atoms with E-state index in [0.717, 1.165) is 70.0 Å². The summed E-state index contributed by atoms with van der Waals surface area (Å²) in [5.41, 5.74) is 6.40. The maximum absolute atomic E-state index is 4.99. The second kappa shape index (κ2) is 7.00. The summed E-state index contributed by atoms with van der Waals surface area (Å²) >= 11 is 1.73. The Morgan fingerprint density at radius 1 is 0.933 bits per heavy atom. The number of hydrogen-bond acceptors (Lipinski definition) is 6. The Kier molecular flexibility index (Phi) is 4.14. The van der Waals surface area contributed by atoms with Crippen LogP contribution in [0, 0.1) is 6.92 Å². The first-order chi connectivity index (χ1) is 14.8. The van der Waals surface area contributed by atoms with Gasteiger partial charge < -0.3 is 10.3 Å². The van der Waals surface area contributed by atoms with Gasteiger partial charge in [-0.2, -0.15) is 5.10 Å². The first-order valence-corrected chi connectivity index (χ1v) is 11.1. The van der Waals surface area contributed by atoms with Crippen LogP contribution in [0.5, 0.6) is 0 Å². The Bertz CT molecular complexity index is 1360. The smallest absolute Gasteiger partial charge is 0.161 e. The number of aryl methyl sites for hydroxylation is 1. The number of aromatic amines is 2. The van der Waals surface area contributed by atoms with Gasteiger partial charge in [0.1, 0.15) is 16.7 Å². The standard InChI is InChI=1S/C22H21N7S/c1-12-2-5-17(30-12)20-18-15(8-11-24-20)26-22(27-18)21-19-16(28-29-21)4-3-14(25-19)13-6-9-23-10-7-13/h2-5,8,11,13,23H,6-7,9-10H2,1H3,(H,26,27)(H,28,29). The summed E-state index contributed by atoms with van der Waals surface area (Å²) in [4.78, 5) is 20.3. The third kappa shape index (κ3) is 2.91. The highest BCUT2D eigenvalue weighted by Crippen LogP contribution is 2.33. The highest BCUT2D eigenvalue weighted by molar-refractivity contribution is 7.15. The van der Waals surface area contributed by atoms with Crippen LogP contribution >= 0.6 is 11.3 Å². The fourth-order valence-electron chi connectivity index (χ4n) is 4.21. The van der Waals surface area contributed by atoms with Crippen LogP contribution in [0.4, 0.5) is 0 Å². The number of nitrogens with zero attached hydrogens (tertiary/aromatic N) is 4. The number of fused-ring (bicyclic) bond motifs is 2. The number of thiophene rings is 1. The molecule has 3 N–H and O–H groups in total. The van der Waals surface area contributed by atoms with Crippen LogP contribution in [0.15, 0.2) is 36.5 Å². The predicted octanol–water partition coefficient (Wildman–Crippen LogP) is 4.40. The number of hydrogen-bond donors (Lipinski definition) is 3. The Morgan fingerprint density at radius 2 is 1.80 bits per heavy atom. The maximum Gasteiger partial charge on any atom is 0.161 e. The van der Waals surface area contributed by atoms with E-state index in [2.05, 4.69) is 56.7 Å². The Balaban J connectivity index is 1.47. The fourth-order valence-corrected chi connectivity index (χ4v) is 5.08. The highest BCUT2D eigenvalue weighted by Gasteiger charge is 2.20. The van der Waals surface area contributed by atoms with Crippen LogP contribution in [0.3, 0.4) is 0 Å². The molecule has 1 aliphatic heterocycles. The molecular weight excluding hydrogens is 394 g/mol. The van der Waals surface area contributed by atoms with E-state index in [1.165, 1.54) is 4.88 Å². The lowest BCUT2D eigenvalue weighted by Gasteiger charge is -2.22. The quantitative estimate of drug-likeness (QED) is 0.406. The number of H-pyrrole nitrogens is 2. The van der Waals surface area contributed by atoms with Crippen molar-refractivity contribution in [3.8, 4) is 22.1 Å². The zero-order valence-corrected chi connectivity index (χ0v) is 17.4. The average Bonchev–Trinajstić information content (AvgIpc) is 3.51. The second-order valence-electron chi connectivity index (χ2n) is 7.78. The predicted molar refractivity (Wildman–Crippen MR) is 120 cm³/mol. The molecule has 0 atom stereocenters. The van der Waals surface area contributed by atoms with E-state index in [1.807, 2.05) is 12.3 Å². The van der Waals surface area contributed by atoms with E-state index in [1.54, 1.807) is 11.3 Å². The molecule has 0 unspecified atom stereocenters. The third-order valence-corrected chi connectivity index (χ3v) is 6.79. The molecule has 0 spiro atoms. The first-order valence-electron chi connectivity index (χ1n) is 10.2. The number of piperidine rings is 1. The number of aromatic nitrogens is 6. The maximum atomic E-state index is 4.99. The summed E-state index contributed by atoms with van der Waals surface area (Å²) in [6, 6.07) is 10.4. The van der Waals surface area contributed by atoms with Gasteiger partial charge >= 0.3 is 0 Å². The van der Waals surface area contributed by atoms with Crippen molar-refractivity contribution in [2.75, 3.05) is 13.1 Å². The highest BCUT2D eigenvalue weighted by atomic mass is 32.1. The van der Waals surface area contributed by atoms with Gasteiger partial charge in [-0.05, 0) is 63.2 Å². The van der Waals surface area contributed by atoms with Crippen molar-refractivity contribution >= 4 is 33.4 Å². The van der Waals surface area contributed by atoms with Crippen molar-refractivity contribution in [1.29, 1.82) is 0 Å². The topological polar surface area (TPSA) is 95.2 Å². The summed E-state index contributed by atoms with van der Waals surface area (Å²) in [5, 5.41) is 11.1. The number of imidazole rings is 1. The molecule has 0 radical (unpaired) electrons. The minimum absolute atomic E-state index is 0.493. The van der Waals surface area contributed by atoms with E-state index in [-0.39, 0.29) is 0 Å². The zero-order chi connectivity index (χ0) is 20.1. The lowest BCUT2D eigenvalue weighted by atomic mass is 9.94. The van der Waals surface area contributed by atoms with E-state index < -0.39 is 0 Å². The van der Waals surface area contributed by atoms with Crippen molar-refractivity contribution in [3.63, 3.8) is 0 Å². The summed E-state index contributed by atoms with van der Waals surface area (Å²) in [5.74, 6) is 1.21. The van der Waals surface area contributed by atoms with Crippen LogP contribution in [0.1, 0.15) is 29.3 Å². The third-order valence-electron chi connectivity index (χ3n) is 5.79. The van der Waals surface area contributed by atoms with Gasteiger partial charge in [0.15, 0.2) is 11.5 Å². The van der Waals surface area contributed by atoms with E-state index in [4.69, 9.17) is 9.97 Å². The number of pyridine rings is 2. The second-order valence-corrected chi connectivity index (χ2v) is 9.07. The monoisotopic (exact) mass is 415 g/mol. The van der Waals surface area contributed by atoms with Crippen LogP contribution in [0.2, 0.25) is 0 Å². The summed E-state index contributed by atoms with van der Waals surface area (Å²) in [6.07, 6.45) is 4.06. The van der Waals surface area contributed by atoms with Gasteiger partial charge in [0.25, 0.3) is 0 Å². The molecule has 5 aromatic rings. The number of nitrogens with one attached hydrogen (secondary N) is 3. The molecular formula is C22H21N7S. The molecule has 30 heavy (non-hydrogen) atoms. The molecule has 0 saturated carbocycles. The van der Waals surface area contributed by atoms with Crippen molar-refractivity contribution in [2.45, 2.75) is 25.7 Å². The molecule has 0 aromatic carbocycles. The van der Waals surface area contributed by atoms with Gasteiger partial charge in [0, 0.05) is 22.7 Å². The minimum atomic E-state index is 0.493. The molecule has 6 heterocycles. The largest absolute Gasteiger partial charge is 0.336 e. The molecule has 6 rings (SSSR count). The van der Waals surface area contributed by atoms with Crippen molar-refractivity contribution in [3.05, 3.63) is 47.1 Å². The van der Waals surface area contributed by atoms with Crippen molar-refractivity contribution < 1.29 is 0 Å². The molecule has 0 aliphatic carbocycles. The Hall–Kier alpha value is -3.10. The van der Waals surface area contributed by atoms with E-state index >= 15 is 0 Å². The van der Waals surface area contributed by atoms with Gasteiger partial charge in [-0.15, -0.1) is 11.3 Å². The molecule has 1 fully saturated rings. The van der Waals surface area contributed by atoms with Gasteiger partial charge in [0.2, 0.25) is 0 Å². The lowest BCUT2D eigenvalue weighted by Crippen LogP contribution is -2.27. The van der Waals surface area contributed by atoms with Crippen LogP contribution in [0.25, 0.3) is 44.2 Å². The molecule has 7 nitrogen and oxygen atoms in total. The minimum Gasteiger partial charge on any atom is -0.336 e. The SMILES string of the molecule is Cc1ccc(-c2nccc3[nH]c(-c4n[nH]c5ccc(C6CCNCC6)nc45)nc23)s1. The molecule has 8 heteroatoms. The molecule has 0 amide bonds. The first kappa shape index (κ1) is 17.7. The average molecular weight is 416 g/mol. The lowest BCUT2D eigenvalue weighted by molar-refractivity contribution is 0.454. The van der Waals surface area contributed by atoms with Crippen LogP contribution < -0.4 is 5.32 Å². The van der Waals surface area contributed by atoms with Gasteiger partial charge in [-0.3, -0.25) is 10.1 Å². The Morgan fingerprint density at radius 3 is 2.63 bits per heavy atom. The van der Waals surface area contributed by atoms with E-state index in [9.17, 15) is 0 Å². The molecule has 5 aromatic heterocycles. The normalized spacial score (nSPS) is 15.4. The summed E-state index contributed by atoms with van der Waals surface area (Å²) in [6.45, 7) is 4.19. The molecule has 1 saturated heterocycles. The molecule has 0 bridgehead atoms. The van der Waals surface area contributed by atoms with Gasteiger partial charge in [-0.1, -0.05) is 0 Å². The summed E-state index contributed by atoms with van der Waals surface area (Å²) < 4.78 is 0. The molecule has 150 valence electrons. The van der Waals surface area contributed by atoms with Crippen molar-refractivity contribution in [2.24, 2.45) is 0 Å². The Labute approximate surface area is 177 Å². The molecule has 1 aliphatic rings. The van der Waals surface area contributed by atoms with Crippen LogP contribution in [-0.4, -0.2) is 43.2 Å². The van der Waals surface area contributed by atoms with Gasteiger partial charge in [-0.25, -0.2) is 9.97 Å². The number of rotatable bonds is 3. The summed E-state index contributed by atoms with van der Waals surface area (Å²) in [7, 11) is 0. The van der Waals surface area contributed by atoms with Gasteiger partial charge in [0.05, 0.1) is 15.9 Å². The zero-order valence-electron chi connectivity index (χ0n) is 16.6.